The summed E-state index contributed by atoms with van der Waals surface area (Å²) in [5.74, 6) is 0.461. The van der Waals surface area contributed by atoms with E-state index in [1.165, 1.54) is 6.92 Å². The summed E-state index contributed by atoms with van der Waals surface area (Å²) in [7, 11) is 0. The van der Waals surface area contributed by atoms with E-state index < -0.39 is 0 Å². The van der Waals surface area contributed by atoms with Crippen LogP contribution < -0.4 is 5.43 Å². The van der Waals surface area contributed by atoms with E-state index in [4.69, 9.17) is 4.42 Å². The van der Waals surface area contributed by atoms with Crippen LogP contribution in [0.2, 0.25) is 0 Å². The summed E-state index contributed by atoms with van der Waals surface area (Å²) in [6.07, 6.45) is 0. The van der Waals surface area contributed by atoms with Crippen LogP contribution in [0.1, 0.15) is 28.6 Å². The molecule has 0 radical (unpaired) electrons. The number of aryl methyl sites for hydroxylation is 1. The van der Waals surface area contributed by atoms with Crippen molar-refractivity contribution in [3.8, 4) is 0 Å². The number of hydrogen-bond donors (Lipinski definition) is 0. The molecule has 0 aliphatic carbocycles. The topological polar surface area (TPSA) is 47.3 Å². The molecular formula is C13H12O3. The zero-order valence-corrected chi connectivity index (χ0v) is 9.46. The lowest BCUT2D eigenvalue weighted by Crippen LogP contribution is -2.09. The molecule has 0 aliphatic heterocycles. The summed E-state index contributed by atoms with van der Waals surface area (Å²) in [5.41, 5.74) is 1.37. The lowest BCUT2D eigenvalue weighted by molar-refractivity contribution is 0.101. The zero-order valence-electron chi connectivity index (χ0n) is 9.46. The molecule has 3 nitrogen and oxygen atoms in total. The van der Waals surface area contributed by atoms with Gasteiger partial charge in [-0.1, -0.05) is 6.07 Å². The Morgan fingerprint density at radius 2 is 1.94 bits per heavy atom. The van der Waals surface area contributed by atoms with E-state index in [-0.39, 0.29) is 11.2 Å². The molecular weight excluding hydrogens is 204 g/mol. The molecule has 0 spiro atoms. The lowest BCUT2D eigenvalue weighted by atomic mass is 10.1. The van der Waals surface area contributed by atoms with Crippen LogP contribution in [0, 0.1) is 13.8 Å². The van der Waals surface area contributed by atoms with Crippen molar-refractivity contribution in [1.29, 1.82) is 0 Å². The van der Waals surface area contributed by atoms with E-state index in [0.29, 0.717) is 27.9 Å². The van der Waals surface area contributed by atoms with Gasteiger partial charge in [-0.05, 0) is 32.9 Å². The molecule has 16 heavy (non-hydrogen) atoms. The molecule has 0 bridgehead atoms. The summed E-state index contributed by atoms with van der Waals surface area (Å²) >= 11 is 0. The first kappa shape index (κ1) is 10.6. The Balaban J connectivity index is 3.01. The van der Waals surface area contributed by atoms with Gasteiger partial charge in [0.15, 0.2) is 11.2 Å². The molecule has 0 aliphatic rings. The highest BCUT2D eigenvalue weighted by Crippen LogP contribution is 2.19. The van der Waals surface area contributed by atoms with Gasteiger partial charge in [0.2, 0.25) is 0 Å². The molecule has 0 amide bonds. The van der Waals surface area contributed by atoms with Crippen molar-refractivity contribution in [3.63, 3.8) is 0 Å². The number of hydrogen-bond acceptors (Lipinski definition) is 3. The van der Waals surface area contributed by atoms with Gasteiger partial charge < -0.3 is 4.42 Å². The smallest absolute Gasteiger partial charge is 0.195 e. The number of fused-ring (bicyclic) bond motifs is 1. The summed E-state index contributed by atoms with van der Waals surface area (Å²) in [6.45, 7) is 4.91. The normalized spacial score (nSPS) is 10.7. The van der Waals surface area contributed by atoms with E-state index in [9.17, 15) is 9.59 Å². The summed E-state index contributed by atoms with van der Waals surface area (Å²) in [4.78, 5) is 23.4. The van der Waals surface area contributed by atoms with Crippen molar-refractivity contribution >= 4 is 16.8 Å². The molecule has 82 valence electrons. The minimum absolute atomic E-state index is 0.0677. The molecule has 0 unspecified atom stereocenters. The largest absolute Gasteiger partial charge is 0.460 e. The number of carbonyl (C=O) groups excluding carboxylic acids is 1. The molecule has 0 N–H and O–H groups in total. The molecule has 0 saturated carbocycles. The number of rotatable bonds is 1. The quantitative estimate of drug-likeness (QED) is 0.688. The van der Waals surface area contributed by atoms with E-state index in [2.05, 4.69) is 0 Å². The Kier molecular flexibility index (Phi) is 2.38. The Morgan fingerprint density at radius 3 is 2.56 bits per heavy atom. The number of ketones is 1. The van der Waals surface area contributed by atoms with E-state index in [0.717, 1.165) is 0 Å². The molecule has 0 saturated heterocycles. The standard InChI is InChI=1S/C13H12O3/c1-7-9(3)16-13-10(8(2)14)5-4-6-11(13)12(7)15/h4-6H,1-3H3. The van der Waals surface area contributed by atoms with Gasteiger partial charge in [0.05, 0.1) is 10.9 Å². The molecule has 2 aromatic rings. The van der Waals surface area contributed by atoms with Crippen molar-refractivity contribution in [1.82, 2.24) is 0 Å². The average molecular weight is 216 g/mol. The van der Waals surface area contributed by atoms with E-state index in [1.54, 1.807) is 32.0 Å². The fourth-order valence-electron chi connectivity index (χ4n) is 1.69. The van der Waals surface area contributed by atoms with Crippen molar-refractivity contribution in [3.05, 3.63) is 45.3 Å². The second kappa shape index (κ2) is 3.59. The first-order valence-corrected chi connectivity index (χ1v) is 5.06. The second-order valence-corrected chi connectivity index (χ2v) is 3.85. The number of Topliss-reactive ketones (excluding diaryl/α,β-unsaturated/α-hetero) is 1. The van der Waals surface area contributed by atoms with Gasteiger partial charge in [-0.2, -0.15) is 0 Å². The maximum Gasteiger partial charge on any atom is 0.195 e. The maximum absolute atomic E-state index is 12.0. The Hall–Kier alpha value is -1.90. The Bertz CT molecular complexity index is 635. The van der Waals surface area contributed by atoms with Crippen LogP contribution in [0.5, 0.6) is 0 Å². The van der Waals surface area contributed by atoms with E-state index >= 15 is 0 Å². The van der Waals surface area contributed by atoms with Crippen LogP contribution in [-0.4, -0.2) is 5.78 Å². The number of para-hydroxylation sites is 1. The lowest BCUT2D eigenvalue weighted by Gasteiger charge is -2.05. The number of benzene rings is 1. The Morgan fingerprint density at radius 1 is 1.25 bits per heavy atom. The van der Waals surface area contributed by atoms with Crippen LogP contribution in [-0.2, 0) is 0 Å². The second-order valence-electron chi connectivity index (χ2n) is 3.85. The minimum Gasteiger partial charge on any atom is -0.460 e. The fraction of sp³-hybridized carbons (Fsp3) is 0.231. The maximum atomic E-state index is 12.0. The summed E-state index contributed by atoms with van der Waals surface area (Å²) in [6, 6.07) is 5.05. The van der Waals surface area contributed by atoms with Crippen molar-refractivity contribution in [2.24, 2.45) is 0 Å². The molecule has 1 heterocycles. The van der Waals surface area contributed by atoms with Crippen LogP contribution in [0.15, 0.2) is 27.4 Å². The number of carbonyl (C=O) groups is 1. The molecule has 1 aromatic heterocycles. The molecule has 2 rings (SSSR count). The molecule has 1 aromatic carbocycles. The predicted octanol–water partition coefficient (Wildman–Crippen LogP) is 2.61. The van der Waals surface area contributed by atoms with Crippen molar-refractivity contribution in [2.45, 2.75) is 20.8 Å². The first-order chi connectivity index (χ1) is 7.52. The fourth-order valence-corrected chi connectivity index (χ4v) is 1.69. The highest BCUT2D eigenvalue weighted by atomic mass is 16.3. The van der Waals surface area contributed by atoms with E-state index in [1.807, 2.05) is 0 Å². The first-order valence-electron chi connectivity index (χ1n) is 5.06. The van der Waals surface area contributed by atoms with Crippen LogP contribution in [0.3, 0.4) is 0 Å². The van der Waals surface area contributed by atoms with Gasteiger partial charge in [0.1, 0.15) is 11.3 Å². The Labute approximate surface area is 92.7 Å². The SMILES string of the molecule is CC(=O)c1cccc2c(=O)c(C)c(C)oc12. The monoisotopic (exact) mass is 216 g/mol. The highest BCUT2D eigenvalue weighted by Gasteiger charge is 2.12. The van der Waals surface area contributed by atoms with Gasteiger partial charge in [0, 0.05) is 5.56 Å². The third kappa shape index (κ3) is 1.45. The highest BCUT2D eigenvalue weighted by molar-refractivity contribution is 6.04. The van der Waals surface area contributed by atoms with Gasteiger partial charge in [-0.15, -0.1) is 0 Å². The molecule has 0 fully saturated rings. The third-order valence-corrected chi connectivity index (χ3v) is 2.76. The summed E-state index contributed by atoms with van der Waals surface area (Å²) in [5, 5.41) is 0.468. The van der Waals surface area contributed by atoms with Crippen molar-refractivity contribution < 1.29 is 9.21 Å². The molecule has 3 heteroatoms. The van der Waals surface area contributed by atoms with Crippen LogP contribution in [0.25, 0.3) is 11.0 Å². The van der Waals surface area contributed by atoms with Crippen LogP contribution >= 0.6 is 0 Å². The molecule has 0 atom stereocenters. The van der Waals surface area contributed by atoms with Crippen LogP contribution in [0.4, 0.5) is 0 Å². The van der Waals surface area contributed by atoms with Crippen molar-refractivity contribution in [2.75, 3.05) is 0 Å². The predicted molar refractivity (Wildman–Crippen MR) is 62.0 cm³/mol. The minimum atomic E-state index is -0.1000. The van der Waals surface area contributed by atoms with Gasteiger partial charge in [-0.25, -0.2) is 0 Å². The van der Waals surface area contributed by atoms with Gasteiger partial charge >= 0.3 is 0 Å². The van der Waals surface area contributed by atoms with Gasteiger partial charge in [0.25, 0.3) is 0 Å². The summed E-state index contributed by atoms with van der Waals surface area (Å²) < 4.78 is 5.54. The average Bonchev–Trinajstić information content (AvgIpc) is 2.25. The third-order valence-electron chi connectivity index (χ3n) is 2.76. The van der Waals surface area contributed by atoms with Gasteiger partial charge in [-0.3, -0.25) is 9.59 Å². The zero-order chi connectivity index (χ0) is 11.9.